The maximum absolute atomic E-state index is 2.41. The quantitative estimate of drug-likeness (QED) is 0.446. The molecule has 1 aliphatic carbocycles. The van der Waals surface area contributed by atoms with E-state index in [9.17, 15) is 0 Å². The summed E-state index contributed by atoms with van der Waals surface area (Å²) in [5, 5.41) is 5.62. The van der Waals surface area contributed by atoms with Gasteiger partial charge in [0.05, 0.1) is 0 Å². The molecule has 4 rings (SSSR count). The predicted molar refractivity (Wildman–Crippen MR) is 91.9 cm³/mol. The summed E-state index contributed by atoms with van der Waals surface area (Å²) >= 11 is 0. The van der Waals surface area contributed by atoms with Crippen molar-refractivity contribution in [2.24, 2.45) is 11.8 Å². The van der Waals surface area contributed by atoms with Gasteiger partial charge in [-0.3, -0.25) is 0 Å². The smallest absolute Gasteiger partial charge is 0.0102 e. The average Bonchev–Trinajstić information content (AvgIpc) is 2.52. The van der Waals surface area contributed by atoms with Crippen molar-refractivity contribution in [1.29, 1.82) is 0 Å². The normalized spacial score (nSPS) is 25.2. The third-order valence-electron chi connectivity index (χ3n) is 5.78. The third kappa shape index (κ3) is 1.82. The number of benzene rings is 3. The van der Waals surface area contributed by atoms with Crippen LogP contribution in [0, 0.1) is 11.8 Å². The van der Waals surface area contributed by atoms with Crippen LogP contribution in [0.4, 0.5) is 0 Å². The van der Waals surface area contributed by atoms with E-state index >= 15 is 0 Å². The van der Waals surface area contributed by atoms with Crippen LogP contribution < -0.4 is 0 Å². The van der Waals surface area contributed by atoms with E-state index in [1.807, 2.05) is 0 Å². The zero-order valence-corrected chi connectivity index (χ0v) is 13.1. The van der Waals surface area contributed by atoms with Crippen LogP contribution in [-0.4, -0.2) is 0 Å². The topological polar surface area (TPSA) is 0 Å². The summed E-state index contributed by atoms with van der Waals surface area (Å²) in [6, 6.07) is 18.1. The molecular formula is C21H22. The molecule has 0 heteroatoms. The van der Waals surface area contributed by atoms with Crippen molar-refractivity contribution in [2.45, 2.75) is 33.1 Å². The minimum atomic E-state index is 0.666. The van der Waals surface area contributed by atoms with Crippen LogP contribution in [0.1, 0.15) is 37.8 Å². The highest BCUT2D eigenvalue weighted by Crippen LogP contribution is 2.42. The lowest BCUT2D eigenvalue weighted by Crippen LogP contribution is -2.24. The molecule has 0 nitrogen and oxygen atoms in total. The summed E-state index contributed by atoms with van der Waals surface area (Å²) < 4.78 is 0. The molecular weight excluding hydrogens is 252 g/mol. The van der Waals surface area contributed by atoms with E-state index in [2.05, 4.69) is 69.3 Å². The fourth-order valence-electron chi connectivity index (χ4n) is 4.11. The van der Waals surface area contributed by atoms with Gasteiger partial charge in [0.25, 0.3) is 0 Å². The van der Waals surface area contributed by atoms with Gasteiger partial charge in [0.2, 0.25) is 0 Å². The van der Waals surface area contributed by atoms with E-state index in [0.717, 1.165) is 11.8 Å². The van der Waals surface area contributed by atoms with E-state index in [1.165, 1.54) is 28.0 Å². The van der Waals surface area contributed by atoms with Gasteiger partial charge in [0, 0.05) is 0 Å². The highest BCUT2D eigenvalue weighted by atomic mass is 14.3. The van der Waals surface area contributed by atoms with Gasteiger partial charge in [0.15, 0.2) is 0 Å². The van der Waals surface area contributed by atoms with Crippen LogP contribution in [0.2, 0.25) is 0 Å². The minimum absolute atomic E-state index is 0.666. The van der Waals surface area contributed by atoms with E-state index in [4.69, 9.17) is 0 Å². The van der Waals surface area contributed by atoms with Crippen LogP contribution in [0.5, 0.6) is 0 Å². The van der Waals surface area contributed by atoms with Crippen molar-refractivity contribution in [3.63, 3.8) is 0 Å². The van der Waals surface area contributed by atoms with Crippen molar-refractivity contribution in [2.75, 3.05) is 0 Å². The molecule has 3 unspecified atom stereocenters. The monoisotopic (exact) mass is 274 g/mol. The Morgan fingerprint density at radius 1 is 0.762 bits per heavy atom. The van der Waals surface area contributed by atoms with Gasteiger partial charge >= 0.3 is 0 Å². The number of hydrogen-bond acceptors (Lipinski definition) is 0. The lowest BCUT2D eigenvalue weighted by molar-refractivity contribution is 0.314. The predicted octanol–water partition coefficient (Wildman–Crippen LogP) is 5.92. The number of fused-ring (bicyclic) bond motifs is 5. The molecule has 3 aromatic rings. The molecule has 0 aromatic heterocycles. The largest absolute Gasteiger partial charge is 0.0619 e. The Morgan fingerprint density at radius 3 is 2.38 bits per heavy atom. The van der Waals surface area contributed by atoms with Gasteiger partial charge in [-0.2, -0.15) is 0 Å². The SMILES string of the molecule is CC1Cc2c(ccc3c2ccc2ccccc23)C(C)C1C. The standard InChI is InChI=1S/C21H22/c1-13-12-21-17(15(3)14(13)2)10-11-19-18-7-5-4-6-16(18)8-9-20(19)21/h4-11,13-15H,12H2,1-3H3. The van der Waals surface area contributed by atoms with Crippen LogP contribution in [0.25, 0.3) is 21.5 Å². The molecule has 0 spiro atoms. The van der Waals surface area contributed by atoms with Crippen LogP contribution in [0.3, 0.4) is 0 Å². The van der Waals surface area contributed by atoms with Gasteiger partial charge in [-0.15, -0.1) is 0 Å². The minimum Gasteiger partial charge on any atom is -0.0619 e. The maximum Gasteiger partial charge on any atom is -0.0102 e. The average molecular weight is 274 g/mol. The molecule has 3 aromatic carbocycles. The van der Waals surface area contributed by atoms with Gasteiger partial charge in [0.1, 0.15) is 0 Å². The van der Waals surface area contributed by atoms with Crippen molar-refractivity contribution in [3.8, 4) is 0 Å². The molecule has 0 N–H and O–H groups in total. The Morgan fingerprint density at radius 2 is 1.52 bits per heavy atom. The first kappa shape index (κ1) is 12.9. The molecule has 21 heavy (non-hydrogen) atoms. The van der Waals surface area contributed by atoms with Gasteiger partial charge in [-0.25, -0.2) is 0 Å². The van der Waals surface area contributed by atoms with E-state index < -0.39 is 0 Å². The molecule has 0 heterocycles. The first-order valence-corrected chi connectivity index (χ1v) is 8.10. The Labute approximate surface area is 126 Å². The van der Waals surface area contributed by atoms with Crippen molar-refractivity contribution >= 4 is 21.5 Å². The second-order valence-corrected chi connectivity index (χ2v) is 6.84. The van der Waals surface area contributed by atoms with Gasteiger partial charge in [-0.1, -0.05) is 69.3 Å². The van der Waals surface area contributed by atoms with Crippen LogP contribution in [0.15, 0.2) is 48.5 Å². The molecule has 0 saturated carbocycles. The molecule has 0 amide bonds. The van der Waals surface area contributed by atoms with Crippen LogP contribution in [-0.2, 0) is 6.42 Å². The lowest BCUT2D eigenvalue weighted by Gasteiger charge is -2.35. The molecule has 3 atom stereocenters. The Hall–Kier alpha value is -1.82. The first-order chi connectivity index (χ1) is 10.2. The number of rotatable bonds is 0. The molecule has 0 radical (unpaired) electrons. The summed E-state index contributed by atoms with van der Waals surface area (Å²) in [5.41, 5.74) is 3.17. The summed E-state index contributed by atoms with van der Waals surface area (Å²) in [6.45, 7) is 7.21. The highest BCUT2D eigenvalue weighted by Gasteiger charge is 2.29. The molecule has 0 aliphatic heterocycles. The summed E-state index contributed by atoms with van der Waals surface area (Å²) in [5.74, 6) is 2.21. The first-order valence-electron chi connectivity index (χ1n) is 8.10. The Balaban J connectivity index is 2.06. The zero-order chi connectivity index (χ0) is 14.6. The highest BCUT2D eigenvalue weighted by molar-refractivity contribution is 6.08. The third-order valence-corrected chi connectivity index (χ3v) is 5.78. The number of hydrogen-bond donors (Lipinski definition) is 0. The van der Waals surface area contributed by atoms with E-state index in [1.54, 1.807) is 11.1 Å². The molecule has 0 saturated heterocycles. The second-order valence-electron chi connectivity index (χ2n) is 6.84. The molecule has 0 fully saturated rings. The Bertz CT molecular complexity index is 828. The molecule has 1 aliphatic rings. The fourth-order valence-corrected chi connectivity index (χ4v) is 4.11. The van der Waals surface area contributed by atoms with E-state index in [-0.39, 0.29) is 0 Å². The van der Waals surface area contributed by atoms with E-state index in [0.29, 0.717) is 5.92 Å². The van der Waals surface area contributed by atoms with Crippen LogP contribution >= 0.6 is 0 Å². The Kier molecular flexibility index (Phi) is 2.82. The van der Waals surface area contributed by atoms with Gasteiger partial charge in [-0.05, 0) is 56.8 Å². The summed E-state index contributed by atoms with van der Waals surface area (Å²) in [4.78, 5) is 0. The second kappa shape index (κ2) is 4.59. The van der Waals surface area contributed by atoms with Crippen molar-refractivity contribution in [1.82, 2.24) is 0 Å². The summed E-state index contributed by atoms with van der Waals surface area (Å²) in [7, 11) is 0. The van der Waals surface area contributed by atoms with Gasteiger partial charge < -0.3 is 0 Å². The lowest BCUT2D eigenvalue weighted by atomic mass is 9.70. The fraction of sp³-hybridized carbons (Fsp3) is 0.333. The molecule has 0 bridgehead atoms. The van der Waals surface area contributed by atoms with Crippen molar-refractivity contribution in [3.05, 3.63) is 59.7 Å². The van der Waals surface area contributed by atoms with Crippen molar-refractivity contribution < 1.29 is 0 Å². The maximum atomic E-state index is 2.41. The molecule has 106 valence electrons. The zero-order valence-electron chi connectivity index (χ0n) is 13.1. The summed E-state index contributed by atoms with van der Waals surface area (Å²) in [6.07, 6.45) is 1.22.